The van der Waals surface area contributed by atoms with E-state index in [1.807, 2.05) is 0 Å². The summed E-state index contributed by atoms with van der Waals surface area (Å²) >= 11 is 16.2. The van der Waals surface area contributed by atoms with E-state index < -0.39 is 9.90 Å². The van der Waals surface area contributed by atoms with Crippen LogP contribution in [0.15, 0.2) is 0 Å². The highest BCUT2D eigenvalue weighted by Crippen LogP contribution is 2.31. The normalized spacial score (nSPS) is 14.2. The van der Waals surface area contributed by atoms with Crippen molar-refractivity contribution in [3.8, 4) is 0 Å². The van der Waals surface area contributed by atoms with E-state index in [4.69, 9.17) is 40.2 Å². The van der Waals surface area contributed by atoms with Crippen LogP contribution in [0, 0.1) is 5.41 Å². The van der Waals surface area contributed by atoms with Crippen molar-refractivity contribution in [2.75, 3.05) is 14.1 Å². The van der Waals surface area contributed by atoms with Crippen molar-refractivity contribution in [1.82, 2.24) is 4.90 Å². The van der Waals surface area contributed by atoms with Gasteiger partial charge in [0, 0.05) is 20.5 Å². The average molecular weight is 234 g/mol. The molecule has 12 heavy (non-hydrogen) atoms. The van der Waals surface area contributed by atoms with Crippen LogP contribution >= 0.6 is 34.8 Å². The monoisotopic (exact) mass is 232 g/mol. The molecule has 0 bridgehead atoms. The number of aliphatic hydroxyl groups is 1. The van der Waals surface area contributed by atoms with E-state index in [0.29, 0.717) is 0 Å². The maximum absolute atomic E-state index is 9.24. The quantitative estimate of drug-likeness (QED) is 0.433. The lowest BCUT2D eigenvalue weighted by Crippen LogP contribution is -2.32. The number of halogens is 3. The second-order valence-corrected chi connectivity index (χ2v) is 4.97. The first-order chi connectivity index (χ1) is 5.25. The van der Waals surface area contributed by atoms with Crippen LogP contribution < -0.4 is 0 Å². The van der Waals surface area contributed by atoms with Gasteiger partial charge in [-0.15, -0.1) is 0 Å². The number of nitrogens with zero attached hydrogens (tertiary/aromatic N) is 1. The summed E-state index contributed by atoms with van der Waals surface area (Å²) in [7, 11) is 3.38. The fraction of sp³-hybridized carbons (Fsp3) is 0.833. The number of alkyl halides is 3. The van der Waals surface area contributed by atoms with Gasteiger partial charge in [0.25, 0.3) is 0 Å². The van der Waals surface area contributed by atoms with Gasteiger partial charge in [-0.05, 0) is 0 Å². The Labute approximate surface area is 86.7 Å². The maximum atomic E-state index is 9.24. The van der Waals surface area contributed by atoms with E-state index in [1.54, 1.807) is 19.0 Å². The lowest BCUT2D eigenvalue weighted by Gasteiger charge is -2.21. The van der Waals surface area contributed by atoms with Crippen LogP contribution in [0.2, 0.25) is 0 Å². The highest BCUT2D eigenvalue weighted by molar-refractivity contribution is 6.68. The molecule has 0 aromatic carbocycles. The number of hydrogen-bond donors (Lipinski definition) is 2. The van der Waals surface area contributed by atoms with Crippen LogP contribution in [0.25, 0.3) is 0 Å². The predicted octanol–water partition coefficient (Wildman–Crippen LogP) is 1.65. The molecule has 0 saturated heterocycles. The largest absolute Gasteiger partial charge is 0.388 e. The first kappa shape index (κ1) is 12.3. The van der Waals surface area contributed by atoms with Crippen molar-refractivity contribution in [1.29, 1.82) is 5.41 Å². The average Bonchev–Trinajstić information content (AvgIpc) is 1.85. The molecule has 0 saturated carbocycles. The molecule has 1 atom stereocenters. The molecule has 0 heterocycles. The molecule has 0 aromatic heterocycles. The Balaban J connectivity index is 4.02. The number of rotatable bonds is 2. The summed E-state index contributed by atoms with van der Waals surface area (Å²) in [6.45, 7) is 0. The Bertz CT molecular complexity index is 167. The molecule has 2 N–H and O–H groups in total. The summed E-state index contributed by atoms with van der Waals surface area (Å²) in [5.74, 6) is 0.217. The molecule has 0 unspecified atom stereocenters. The van der Waals surface area contributed by atoms with Gasteiger partial charge in [0.2, 0.25) is 3.79 Å². The van der Waals surface area contributed by atoms with E-state index in [1.165, 1.54) is 0 Å². The first-order valence-corrected chi connectivity index (χ1v) is 4.38. The smallest absolute Gasteiger partial charge is 0.216 e. The zero-order chi connectivity index (χ0) is 9.94. The minimum atomic E-state index is -1.72. The van der Waals surface area contributed by atoms with Crippen LogP contribution in [0.4, 0.5) is 0 Å². The third-order valence-electron chi connectivity index (χ3n) is 1.30. The summed E-state index contributed by atoms with van der Waals surface area (Å²) in [5, 5.41) is 16.6. The Kier molecular flexibility index (Phi) is 4.62. The maximum Gasteiger partial charge on any atom is 0.216 e. The minimum absolute atomic E-state index is 0.0312. The molecule has 0 amide bonds. The van der Waals surface area contributed by atoms with Gasteiger partial charge in [-0.2, -0.15) is 0 Å². The summed E-state index contributed by atoms with van der Waals surface area (Å²) in [5.41, 5.74) is 0. The van der Waals surface area contributed by atoms with Gasteiger partial charge in [-0.3, -0.25) is 5.41 Å². The van der Waals surface area contributed by atoms with Crippen LogP contribution in [0.5, 0.6) is 0 Å². The van der Waals surface area contributed by atoms with Crippen molar-refractivity contribution in [2.45, 2.75) is 16.3 Å². The second kappa shape index (κ2) is 4.51. The van der Waals surface area contributed by atoms with E-state index >= 15 is 0 Å². The number of amidine groups is 1. The molecule has 0 fully saturated rings. The molecule has 0 aromatic rings. The lowest BCUT2D eigenvalue weighted by molar-refractivity contribution is 0.183. The fourth-order valence-electron chi connectivity index (χ4n) is 0.481. The van der Waals surface area contributed by atoms with Gasteiger partial charge < -0.3 is 10.0 Å². The molecular weight excluding hydrogens is 222 g/mol. The van der Waals surface area contributed by atoms with Crippen molar-refractivity contribution >= 4 is 40.6 Å². The molecular formula is C6H11Cl3N2O. The first-order valence-electron chi connectivity index (χ1n) is 3.24. The van der Waals surface area contributed by atoms with Gasteiger partial charge in [0.1, 0.15) is 6.10 Å². The Morgan fingerprint density at radius 1 is 1.50 bits per heavy atom. The van der Waals surface area contributed by atoms with Crippen molar-refractivity contribution in [2.24, 2.45) is 0 Å². The third kappa shape index (κ3) is 4.36. The van der Waals surface area contributed by atoms with Crippen molar-refractivity contribution in [3.05, 3.63) is 0 Å². The van der Waals surface area contributed by atoms with E-state index in [9.17, 15) is 5.11 Å². The van der Waals surface area contributed by atoms with Crippen LogP contribution in [0.3, 0.4) is 0 Å². The molecule has 0 aliphatic carbocycles. The second-order valence-electron chi connectivity index (χ2n) is 2.60. The van der Waals surface area contributed by atoms with E-state index in [0.717, 1.165) is 0 Å². The highest BCUT2D eigenvalue weighted by Gasteiger charge is 2.31. The fourth-order valence-corrected chi connectivity index (χ4v) is 0.713. The predicted molar refractivity (Wildman–Crippen MR) is 52.3 cm³/mol. The standard InChI is InChI=1S/C6H11Cl3N2O/c1-11(2)5(10)3-4(12)6(7,8)9/h4,10,12H,3H2,1-2H3/t4-/m0/s1. The SMILES string of the molecule is CN(C)C(=N)C[C@H](O)C(Cl)(Cl)Cl. The Morgan fingerprint density at radius 3 is 2.17 bits per heavy atom. The zero-order valence-corrected chi connectivity index (χ0v) is 9.08. The van der Waals surface area contributed by atoms with Crippen LogP contribution in [-0.4, -0.2) is 39.8 Å². The number of hydrogen-bond acceptors (Lipinski definition) is 2. The highest BCUT2D eigenvalue weighted by atomic mass is 35.6. The van der Waals surface area contributed by atoms with Gasteiger partial charge >= 0.3 is 0 Å². The number of nitrogens with one attached hydrogen (secondary N) is 1. The Hall–Kier alpha value is 0.300. The molecule has 0 aliphatic heterocycles. The van der Waals surface area contributed by atoms with Gasteiger partial charge in [-0.1, -0.05) is 34.8 Å². The third-order valence-corrected chi connectivity index (χ3v) is 2.06. The lowest BCUT2D eigenvalue weighted by atomic mass is 10.2. The molecule has 72 valence electrons. The Morgan fingerprint density at radius 2 is 1.92 bits per heavy atom. The molecule has 3 nitrogen and oxygen atoms in total. The van der Waals surface area contributed by atoms with E-state index in [-0.39, 0.29) is 12.3 Å². The molecule has 0 radical (unpaired) electrons. The van der Waals surface area contributed by atoms with Gasteiger partial charge in [0.05, 0.1) is 5.84 Å². The summed E-state index contributed by atoms with van der Waals surface area (Å²) in [6.07, 6.45) is -1.11. The molecule has 0 spiro atoms. The van der Waals surface area contributed by atoms with E-state index in [2.05, 4.69) is 0 Å². The summed E-state index contributed by atoms with van der Waals surface area (Å²) in [6, 6.07) is 0. The van der Waals surface area contributed by atoms with Gasteiger partial charge in [0.15, 0.2) is 0 Å². The topological polar surface area (TPSA) is 47.3 Å². The summed E-state index contributed by atoms with van der Waals surface area (Å²) in [4.78, 5) is 1.54. The minimum Gasteiger partial charge on any atom is -0.388 e. The summed E-state index contributed by atoms with van der Waals surface area (Å²) < 4.78 is -1.72. The molecule has 6 heteroatoms. The van der Waals surface area contributed by atoms with Gasteiger partial charge in [-0.25, -0.2) is 0 Å². The van der Waals surface area contributed by atoms with Crippen LogP contribution in [-0.2, 0) is 0 Å². The zero-order valence-electron chi connectivity index (χ0n) is 6.81. The molecule has 0 rings (SSSR count). The van der Waals surface area contributed by atoms with Crippen molar-refractivity contribution in [3.63, 3.8) is 0 Å². The number of aliphatic hydroxyl groups excluding tert-OH is 1. The molecule has 0 aliphatic rings. The van der Waals surface area contributed by atoms with Crippen LogP contribution in [0.1, 0.15) is 6.42 Å². The van der Waals surface area contributed by atoms with Crippen molar-refractivity contribution < 1.29 is 5.11 Å².